The van der Waals surface area contributed by atoms with Crippen molar-refractivity contribution in [1.29, 1.82) is 10.8 Å². The van der Waals surface area contributed by atoms with Crippen molar-refractivity contribution >= 4 is 54.2 Å². The van der Waals surface area contributed by atoms with Crippen LogP contribution in [0.5, 0.6) is 0 Å². The fraction of sp³-hybridized carbons (Fsp3) is 0.500. The van der Waals surface area contributed by atoms with Gasteiger partial charge in [0.1, 0.15) is 3.72 Å². The summed E-state index contributed by atoms with van der Waals surface area (Å²) in [4.78, 5) is 0. The van der Waals surface area contributed by atoms with Gasteiger partial charge in [-0.05, 0) is 51.4 Å². The molecule has 0 saturated heterocycles. The van der Waals surface area contributed by atoms with Crippen molar-refractivity contribution in [3.05, 3.63) is 10.2 Å². The Kier molecular flexibility index (Phi) is 6.10. The first kappa shape index (κ1) is 14.6. The van der Waals surface area contributed by atoms with Crippen LogP contribution in [0.2, 0.25) is 0 Å². The minimum atomic E-state index is 0.378. The summed E-state index contributed by atoms with van der Waals surface area (Å²) in [6.45, 7) is 0. The van der Waals surface area contributed by atoms with E-state index in [1.165, 1.54) is 19.1 Å². The summed E-state index contributed by atoms with van der Waals surface area (Å²) in [5, 5.41) is 22.3. The Morgan fingerprint density at radius 2 is 2.24 bits per heavy atom. The van der Waals surface area contributed by atoms with E-state index in [1.807, 2.05) is 22.6 Å². The van der Waals surface area contributed by atoms with Crippen LogP contribution in [0.3, 0.4) is 0 Å². The van der Waals surface area contributed by atoms with Crippen LogP contribution in [0.4, 0.5) is 0 Å². The molecular formula is C10H15BrIN5. The van der Waals surface area contributed by atoms with Gasteiger partial charge in [0.15, 0.2) is 0 Å². The first-order valence-electron chi connectivity index (χ1n) is 5.21. The minimum Gasteiger partial charge on any atom is -0.376 e. The highest BCUT2D eigenvalue weighted by Gasteiger charge is 2.22. The lowest BCUT2D eigenvalue weighted by atomic mass is 10.1. The number of allylic oxidation sites excluding steroid dienone is 1. The van der Waals surface area contributed by atoms with E-state index in [0.717, 1.165) is 10.2 Å². The van der Waals surface area contributed by atoms with Crippen molar-refractivity contribution in [1.82, 2.24) is 10.7 Å². The van der Waals surface area contributed by atoms with Gasteiger partial charge in [-0.15, -0.1) is 0 Å². The molecule has 1 saturated carbocycles. The van der Waals surface area contributed by atoms with Gasteiger partial charge in [0.2, 0.25) is 0 Å². The van der Waals surface area contributed by atoms with Gasteiger partial charge in [-0.3, -0.25) is 5.41 Å². The van der Waals surface area contributed by atoms with E-state index in [4.69, 9.17) is 10.8 Å². The van der Waals surface area contributed by atoms with Crippen LogP contribution in [0.25, 0.3) is 0 Å². The van der Waals surface area contributed by atoms with Gasteiger partial charge in [-0.2, -0.15) is 5.10 Å². The highest BCUT2D eigenvalue weighted by atomic mass is 127. The van der Waals surface area contributed by atoms with E-state index in [9.17, 15) is 0 Å². The molecule has 1 fully saturated rings. The molecule has 1 aliphatic carbocycles. The zero-order chi connectivity index (χ0) is 12.8. The third-order valence-corrected chi connectivity index (χ3v) is 3.58. The lowest BCUT2D eigenvalue weighted by Crippen LogP contribution is -2.18. The van der Waals surface area contributed by atoms with Crippen molar-refractivity contribution in [2.45, 2.75) is 25.3 Å². The van der Waals surface area contributed by atoms with Crippen LogP contribution in [0, 0.1) is 10.8 Å². The molecule has 0 aromatic carbocycles. The second-order valence-corrected chi connectivity index (χ2v) is 5.55. The van der Waals surface area contributed by atoms with Crippen LogP contribution in [-0.2, 0) is 0 Å². The van der Waals surface area contributed by atoms with Crippen LogP contribution in [0.1, 0.15) is 19.3 Å². The number of hydrazone groups is 1. The normalized spacial score (nSPS) is 17.2. The predicted molar refractivity (Wildman–Crippen MR) is 83.8 cm³/mol. The summed E-state index contributed by atoms with van der Waals surface area (Å²) in [6, 6.07) is 0.531. The van der Waals surface area contributed by atoms with Crippen LogP contribution in [-0.4, -0.2) is 28.7 Å². The standard InChI is InChI=1S/C10H15BrIN5/c1-15-17-8(10(12)14)4-6(5-13)9(11)16-7-2-3-7/h5,7,13-16H,2-4H2,1H3/b9-6-,13-5?,14-10?,17-8-. The lowest BCUT2D eigenvalue weighted by Gasteiger charge is -2.09. The minimum absolute atomic E-state index is 0.378. The Morgan fingerprint density at radius 1 is 1.59 bits per heavy atom. The fourth-order valence-corrected chi connectivity index (χ4v) is 2.06. The molecule has 1 aliphatic rings. The van der Waals surface area contributed by atoms with Crippen LogP contribution < -0.4 is 10.7 Å². The number of nitrogens with one attached hydrogen (secondary N) is 4. The lowest BCUT2D eigenvalue weighted by molar-refractivity contribution is 0.845. The van der Waals surface area contributed by atoms with Crippen LogP contribution >= 0.6 is 38.5 Å². The molecule has 0 aromatic heterocycles. The van der Waals surface area contributed by atoms with E-state index in [2.05, 4.69) is 31.8 Å². The van der Waals surface area contributed by atoms with Crippen molar-refractivity contribution in [2.24, 2.45) is 5.10 Å². The fourth-order valence-electron chi connectivity index (χ4n) is 1.17. The zero-order valence-corrected chi connectivity index (χ0v) is 13.2. The molecule has 4 N–H and O–H groups in total. The van der Waals surface area contributed by atoms with Gasteiger partial charge in [0.25, 0.3) is 0 Å². The van der Waals surface area contributed by atoms with Crippen molar-refractivity contribution in [3.8, 4) is 0 Å². The molecule has 7 heteroatoms. The summed E-state index contributed by atoms with van der Waals surface area (Å²) in [5.41, 5.74) is 4.10. The molecule has 0 amide bonds. The van der Waals surface area contributed by atoms with E-state index in [0.29, 0.717) is 21.9 Å². The Hall–Kier alpha value is -0.440. The average molecular weight is 412 g/mol. The number of hydrogen-bond acceptors (Lipinski definition) is 5. The van der Waals surface area contributed by atoms with Crippen molar-refractivity contribution < 1.29 is 0 Å². The van der Waals surface area contributed by atoms with E-state index >= 15 is 0 Å². The van der Waals surface area contributed by atoms with Gasteiger partial charge < -0.3 is 16.2 Å². The Balaban J connectivity index is 2.75. The van der Waals surface area contributed by atoms with Gasteiger partial charge >= 0.3 is 0 Å². The molecule has 5 nitrogen and oxygen atoms in total. The topological polar surface area (TPSA) is 84.1 Å². The van der Waals surface area contributed by atoms with Gasteiger partial charge in [-0.1, -0.05) is 0 Å². The van der Waals surface area contributed by atoms with E-state index in [-0.39, 0.29) is 0 Å². The maximum Gasteiger partial charge on any atom is 0.116 e. The molecule has 0 bridgehead atoms. The van der Waals surface area contributed by atoms with Crippen molar-refractivity contribution in [2.75, 3.05) is 7.05 Å². The van der Waals surface area contributed by atoms with Crippen LogP contribution in [0.15, 0.2) is 15.3 Å². The molecule has 0 spiro atoms. The summed E-state index contributed by atoms with van der Waals surface area (Å²) in [6.07, 6.45) is 4.12. The Morgan fingerprint density at radius 3 is 2.65 bits per heavy atom. The monoisotopic (exact) mass is 411 g/mol. The second kappa shape index (κ2) is 7.10. The molecule has 0 unspecified atom stereocenters. The SMILES string of the molecule is CN/N=C(/C/C(C=N)=C(\Br)NC1CC1)C(=N)I. The van der Waals surface area contributed by atoms with Gasteiger partial charge in [0, 0.05) is 31.3 Å². The smallest absolute Gasteiger partial charge is 0.116 e. The van der Waals surface area contributed by atoms with E-state index < -0.39 is 0 Å². The average Bonchev–Trinajstić information content (AvgIpc) is 3.07. The Labute approximate surface area is 123 Å². The molecule has 1 rings (SSSR count). The summed E-state index contributed by atoms with van der Waals surface area (Å²) in [5.74, 6) is 0. The molecule has 0 heterocycles. The zero-order valence-electron chi connectivity index (χ0n) is 9.48. The number of rotatable bonds is 7. The van der Waals surface area contributed by atoms with E-state index in [1.54, 1.807) is 7.05 Å². The Bertz CT molecular complexity index is 373. The quantitative estimate of drug-likeness (QED) is 0.224. The largest absolute Gasteiger partial charge is 0.376 e. The predicted octanol–water partition coefficient (Wildman–Crippen LogP) is 2.37. The highest BCUT2D eigenvalue weighted by Crippen LogP contribution is 2.23. The maximum atomic E-state index is 7.60. The summed E-state index contributed by atoms with van der Waals surface area (Å²) >= 11 is 5.36. The number of hydrogen-bond donors (Lipinski definition) is 4. The van der Waals surface area contributed by atoms with Gasteiger partial charge in [-0.25, -0.2) is 0 Å². The second-order valence-electron chi connectivity index (χ2n) is 3.68. The first-order chi connectivity index (χ1) is 8.08. The molecule has 0 aromatic rings. The van der Waals surface area contributed by atoms with Crippen molar-refractivity contribution in [3.63, 3.8) is 0 Å². The van der Waals surface area contributed by atoms with Gasteiger partial charge in [0.05, 0.1) is 10.3 Å². The molecule has 17 heavy (non-hydrogen) atoms. The molecule has 0 atom stereocenters. The molecule has 0 radical (unpaired) electrons. The highest BCUT2D eigenvalue weighted by molar-refractivity contribution is 14.1. The summed E-state index contributed by atoms with van der Waals surface area (Å²) in [7, 11) is 1.70. The maximum absolute atomic E-state index is 7.60. The third-order valence-electron chi connectivity index (χ3n) is 2.22. The number of nitrogens with zero attached hydrogens (tertiary/aromatic N) is 1. The first-order valence-corrected chi connectivity index (χ1v) is 7.09. The number of halogens is 2. The molecule has 94 valence electrons. The molecule has 0 aliphatic heterocycles. The third kappa shape index (κ3) is 5.15. The summed E-state index contributed by atoms with van der Waals surface area (Å²) < 4.78 is 1.21. The molecular weight excluding hydrogens is 397 g/mol.